The van der Waals surface area contributed by atoms with Gasteiger partial charge in [0.25, 0.3) is 0 Å². The maximum Gasteiger partial charge on any atom is 0.215 e. The molecule has 0 radical (unpaired) electrons. The Morgan fingerprint density at radius 2 is 2.31 bits per heavy atom. The second-order valence-electron chi connectivity index (χ2n) is 3.23. The van der Waals surface area contributed by atoms with Crippen LogP contribution in [-0.2, 0) is 13.5 Å². The first-order valence-electron chi connectivity index (χ1n) is 4.85. The molecule has 0 atom stereocenters. The third-order valence-electron chi connectivity index (χ3n) is 2.01. The summed E-state index contributed by atoms with van der Waals surface area (Å²) in [7, 11) is 1.80. The van der Waals surface area contributed by atoms with E-state index < -0.39 is 0 Å². The highest BCUT2D eigenvalue weighted by Gasteiger charge is 2.05. The Morgan fingerprint density at radius 1 is 1.44 bits per heavy atom. The van der Waals surface area contributed by atoms with Gasteiger partial charge in [-0.2, -0.15) is 0 Å². The van der Waals surface area contributed by atoms with E-state index in [-0.39, 0.29) is 0 Å². The average Bonchev–Trinajstić information content (AvgIpc) is 2.68. The summed E-state index contributed by atoms with van der Waals surface area (Å²) in [5, 5.41) is 12.8. The molecular formula is C9H12N6S. The standard InChI is InChI=1S/C9H12N6S/c1-15-9(12-13-14-15)16-8-3-2-7(4-5-10)6-11-8/h2-3,6H,4-5,10H2,1H3. The molecule has 0 spiro atoms. The van der Waals surface area contributed by atoms with Crippen molar-refractivity contribution >= 4 is 11.8 Å². The zero-order chi connectivity index (χ0) is 11.4. The van der Waals surface area contributed by atoms with Gasteiger partial charge < -0.3 is 5.73 Å². The molecule has 2 aromatic heterocycles. The van der Waals surface area contributed by atoms with Crippen LogP contribution in [0.2, 0.25) is 0 Å². The van der Waals surface area contributed by atoms with E-state index in [4.69, 9.17) is 5.73 Å². The molecule has 7 heteroatoms. The van der Waals surface area contributed by atoms with Gasteiger partial charge in [-0.15, -0.1) is 5.10 Å². The van der Waals surface area contributed by atoms with Crippen molar-refractivity contribution in [2.24, 2.45) is 12.8 Å². The Hall–Kier alpha value is -1.47. The molecule has 2 aromatic rings. The summed E-state index contributed by atoms with van der Waals surface area (Å²) in [5.41, 5.74) is 6.61. The van der Waals surface area contributed by atoms with Gasteiger partial charge in [-0.1, -0.05) is 6.07 Å². The van der Waals surface area contributed by atoms with E-state index in [0.29, 0.717) is 6.54 Å². The van der Waals surface area contributed by atoms with Crippen molar-refractivity contribution in [2.45, 2.75) is 16.6 Å². The van der Waals surface area contributed by atoms with Gasteiger partial charge in [-0.3, -0.25) is 0 Å². The number of nitrogens with zero attached hydrogens (tertiary/aromatic N) is 5. The summed E-state index contributed by atoms with van der Waals surface area (Å²) in [6.07, 6.45) is 2.68. The summed E-state index contributed by atoms with van der Waals surface area (Å²) in [6, 6.07) is 3.97. The topological polar surface area (TPSA) is 82.5 Å². The highest BCUT2D eigenvalue weighted by atomic mass is 32.2. The maximum absolute atomic E-state index is 5.47. The van der Waals surface area contributed by atoms with Crippen LogP contribution < -0.4 is 5.73 Å². The lowest BCUT2D eigenvalue weighted by molar-refractivity contribution is 0.664. The molecule has 0 unspecified atom stereocenters. The molecule has 0 aromatic carbocycles. The second-order valence-corrected chi connectivity index (χ2v) is 4.22. The van der Waals surface area contributed by atoms with Crippen molar-refractivity contribution < 1.29 is 0 Å². The summed E-state index contributed by atoms with van der Waals surface area (Å²) in [5.74, 6) is 0. The second kappa shape index (κ2) is 5.04. The van der Waals surface area contributed by atoms with Gasteiger partial charge in [-0.05, 0) is 46.8 Å². The molecule has 0 fully saturated rings. The van der Waals surface area contributed by atoms with Crippen LogP contribution in [0.25, 0.3) is 0 Å². The van der Waals surface area contributed by atoms with Crippen molar-refractivity contribution in [3.05, 3.63) is 23.9 Å². The van der Waals surface area contributed by atoms with Crippen LogP contribution in [0.1, 0.15) is 5.56 Å². The van der Waals surface area contributed by atoms with Crippen LogP contribution in [-0.4, -0.2) is 31.7 Å². The first kappa shape index (κ1) is 11.0. The molecule has 2 N–H and O–H groups in total. The van der Waals surface area contributed by atoms with E-state index in [1.165, 1.54) is 11.8 Å². The number of aromatic nitrogens is 5. The minimum absolute atomic E-state index is 0.640. The minimum atomic E-state index is 0.640. The zero-order valence-corrected chi connectivity index (χ0v) is 9.68. The third kappa shape index (κ3) is 2.56. The number of aryl methyl sites for hydroxylation is 1. The fraction of sp³-hybridized carbons (Fsp3) is 0.333. The highest BCUT2D eigenvalue weighted by molar-refractivity contribution is 7.99. The highest BCUT2D eigenvalue weighted by Crippen LogP contribution is 2.22. The molecule has 0 amide bonds. The Morgan fingerprint density at radius 3 is 2.88 bits per heavy atom. The van der Waals surface area contributed by atoms with Gasteiger partial charge in [0.15, 0.2) is 0 Å². The predicted molar refractivity (Wildman–Crippen MR) is 59.9 cm³/mol. The minimum Gasteiger partial charge on any atom is -0.330 e. The predicted octanol–water partition coefficient (Wildman–Crippen LogP) is 0.257. The van der Waals surface area contributed by atoms with Crippen LogP contribution in [0.15, 0.2) is 28.5 Å². The zero-order valence-electron chi connectivity index (χ0n) is 8.87. The monoisotopic (exact) mass is 236 g/mol. The van der Waals surface area contributed by atoms with E-state index in [1.807, 2.05) is 18.3 Å². The lowest BCUT2D eigenvalue weighted by Gasteiger charge is -2.00. The summed E-state index contributed by atoms with van der Waals surface area (Å²) < 4.78 is 1.61. The maximum atomic E-state index is 5.47. The lowest BCUT2D eigenvalue weighted by atomic mass is 10.2. The molecule has 0 saturated carbocycles. The van der Waals surface area contributed by atoms with Crippen molar-refractivity contribution in [3.8, 4) is 0 Å². The lowest BCUT2D eigenvalue weighted by Crippen LogP contribution is -2.02. The Labute approximate surface area is 97.2 Å². The van der Waals surface area contributed by atoms with Gasteiger partial charge in [0.1, 0.15) is 5.03 Å². The molecule has 0 aliphatic carbocycles. The fourth-order valence-corrected chi connectivity index (χ4v) is 1.86. The van der Waals surface area contributed by atoms with Crippen LogP contribution in [0, 0.1) is 0 Å². The molecule has 0 aliphatic rings. The quantitative estimate of drug-likeness (QED) is 0.819. The summed E-state index contributed by atoms with van der Waals surface area (Å²) in [6.45, 7) is 0.640. The molecule has 0 bridgehead atoms. The van der Waals surface area contributed by atoms with Gasteiger partial charge in [0.2, 0.25) is 5.16 Å². The van der Waals surface area contributed by atoms with E-state index in [1.54, 1.807) is 11.7 Å². The van der Waals surface area contributed by atoms with E-state index in [0.717, 1.165) is 22.2 Å². The van der Waals surface area contributed by atoms with Crippen LogP contribution >= 0.6 is 11.8 Å². The van der Waals surface area contributed by atoms with E-state index in [9.17, 15) is 0 Å². The van der Waals surface area contributed by atoms with E-state index >= 15 is 0 Å². The molecule has 0 aliphatic heterocycles. The number of rotatable bonds is 4. The first-order valence-corrected chi connectivity index (χ1v) is 5.66. The number of hydrogen-bond acceptors (Lipinski definition) is 6. The molecule has 6 nitrogen and oxygen atoms in total. The first-order chi connectivity index (χ1) is 7.79. The van der Waals surface area contributed by atoms with E-state index in [2.05, 4.69) is 20.5 Å². The van der Waals surface area contributed by atoms with Gasteiger partial charge in [0.05, 0.1) is 0 Å². The van der Waals surface area contributed by atoms with Crippen molar-refractivity contribution in [1.29, 1.82) is 0 Å². The molecule has 2 rings (SSSR count). The molecule has 0 saturated heterocycles. The van der Waals surface area contributed by atoms with Gasteiger partial charge >= 0.3 is 0 Å². The van der Waals surface area contributed by atoms with Crippen molar-refractivity contribution in [3.63, 3.8) is 0 Å². The normalized spacial score (nSPS) is 10.6. The van der Waals surface area contributed by atoms with Crippen molar-refractivity contribution in [1.82, 2.24) is 25.2 Å². The van der Waals surface area contributed by atoms with Crippen LogP contribution in [0.4, 0.5) is 0 Å². The molecule has 16 heavy (non-hydrogen) atoms. The largest absolute Gasteiger partial charge is 0.330 e. The smallest absolute Gasteiger partial charge is 0.215 e. The Bertz CT molecular complexity index is 451. The third-order valence-corrected chi connectivity index (χ3v) is 2.99. The molecule has 2 heterocycles. The Kier molecular flexibility index (Phi) is 3.47. The van der Waals surface area contributed by atoms with Crippen LogP contribution in [0.5, 0.6) is 0 Å². The van der Waals surface area contributed by atoms with Crippen LogP contribution in [0.3, 0.4) is 0 Å². The summed E-state index contributed by atoms with van der Waals surface area (Å²) in [4.78, 5) is 4.31. The average molecular weight is 236 g/mol. The van der Waals surface area contributed by atoms with Gasteiger partial charge in [0, 0.05) is 13.2 Å². The van der Waals surface area contributed by atoms with Crippen molar-refractivity contribution in [2.75, 3.05) is 6.54 Å². The Balaban J connectivity index is 2.08. The fourth-order valence-electron chi connectivity index (χ4n) is 1.19. The number of pyridine rings is 1. The number of hydrogen-bond donors (Lipinski definition) is 1. The number of tetrazole rings is 1. The van der Waals surface area contributed by atoms with Gasteiger partial charge in [-0.25, -0.2) is 9.67 Å². The summed E-state index contributed by atoms with van der Waals surface area (Å²) >= 11 is 1.43. The molecular weight excluding hydrogens is 224 g/mol. The number of nitrogens with two attached hydrogens (primary N) is 1. The SMILES string of the molecule is Cn1nnnc1Sc1ccc(CCN)cn1. The molecule has 84 valence electrons.